The topological polar surface area (TPSA) is 12.0 Å². The van der Waals surface area contributed by atoms with Crippen LogP contribution in [0.3, 0.4) is 0 Å². The Balaban J connectivity index is 1.78. The Morgan fingerprint density at radius 3 is 2.52 bits per heavy atom. The molecule has 0 saturated heterocycles. The van der Waals surface area contributed by atoms with Gasteiger partial charge in [0, 0.05) is 26.2 Å². The standard InChI is InChI=1S/C17H17Cl2NS/c1-20-15(10-12-13(18)6-4-7-14(12)19)17-9-11-5-2-3-8-16(11)21-17/h2-8,15,17,20H,9-10H2,1H3. The number of fused-ring (bicyclic) bond motifs is 1. The van der Waals surface area contributed by atoms with Gasteiger partial charge < -0.3 is 5.32 Å². The van der Waals surface area contributed by atoms with Gasteiger partial charge in [0.2, 0.25) is 0 Å². The summed E-state index contributed by atoms with van der Waals surface area (Å²) in [5.74, 6) is 0. The molecule has 3 rings (SSSR count). The molecule has 2 atom stereocenters. The lowest BCUT2D eigenvalue weighted by molar-refractivity contribution is 0.537. The van der Waals surface area contributed by atoms with Gasteiger partial charge in [-0.05, 0) is 49.2 Å². The molecule has 1 heterocycles. The Morgan fingerprint density at radius 2 is 1.86 bits per heavy atom. The fourth-order valence-corrected chi connectivity index (χ4v) is 4.80. The lowest BCUT2D eigenvalue weighted by Gasteiger charge is -2.23. The van der Waals surface area contributed by atoms with Gasteiger partial charge in [0.25, 0.3) is 0 Å². The lowest BCUT2D eigenvalue weighted by atomic mass is 9.99. The molecule has 0 radical (unpaired) electrons. The Bertz CT molecular complexity index is 599. The number of hydrogen-bond acceptors (Lipinski definition) is 2. The molecule has 1 N–H and O–H groups in total. The van der Waals surface area contributed by atoms with E-state index in [0.717, 1.165) is 28.5 Å². The number of benzene rings is 2. The average Bonchev–Trinajstić information content (AvgIpc) is 2.90. The predicted octanol–water partition coefficient (Wildman–Crippen LogP) is 4.84. The molecule has 0 aliphatic carbocycles. The molecule has 2 unspecified atom stereocenters. The van der Waals surface area contributed by atoms with Gasteiger partial charge in [0.05, 0.1) is 0 Å². The molecule has 2 aromatic rings. The molecular formula is C17H17Cl2NS. The van der Waals surface area contributed by atoms with Crippen molar-refractivity contribution in [1.82, 2.24) is 5.32 Å². The van der Waals surface area contributed by atoms with Gasteiger partial charge in [-0.1, -0.05) is 47.5 Å². The normalized spacial score (nSPS) is 18.5. The van der Waals surface area contributed by atoms with Gasteiger partial charge >= 0.3 is 0 Å². The van der Waals surface area contributed by atoms with Crippen LogP contribution in [0.1, 0.15) is 11.1 Å². The zero-order valence-electron chi connectivity index (χ0n) is 11.8. The van der Waals surface area contributed by atoms with Crippen molar-refractivity contribution in [2.24, 2.45) is 0 Å². The SMILES string of the molecule is CNC(Cc1c(Cl)cccc1Cl)C1Cc2ccccc2S1. The van der Waals surface area contributed by atoms with E-state index < -0.39 is 0 Å². The molecule has 1 aliphatic rings. The van der Waals surface area contributed by atoms with Crippen LogP contribution in [0.15, 0.2) is 47.4 Å². The minimum Gasteiger partial charge on any atom is -0.316 e. The summed E-state index contributed by atoms with van der Waals surface area (Å²) >= 11 is 14.6. The number of halogens is 2. The van der Waals surface area contributed by atoms with E-state index >= 15 is 0 Å². The fourth-order valence-electron chi connectivity index (χ4n) is 2.80. The highest BCUT2D eigenvalue weighted by Gasteiger charge is 2.29. The van der Waals surface area contributed by atoms with Crippen LogP contribution >= 0.6 is 35.0 Å². The quantitative estimate of drug-likeness (QED) is 0.856. The minimum absolute atomic E-state index is 0.347. The summed E-state index contributed by atoms with van der Waals surface area (Å²) in [6.07, 6.45) is 1.94. The molecule has 2 aromatic carbocycles. The van der Waals surface area contributed by atoms with E-state index in [0.29, 0.717) is 11.3 Å². The molecule has 1 nitrogen and oxygen atoms in total. The van der Waals surface area contributed by atoms with E-state index in [1.807, 2.05) is 37.0 Å². The van der Waals surface area contributed by atoms with Crippen molar-refractivity contribution in [3.8, 4) is 0 Å². The summed E-state index contributed by atoms with van der Waals surface area (Å²) in [5.41, 5.74) is 2.48. The molecule has 4 heteroatoms. The maximum atomic E-state index is 6.31. The predicted molar refractivity (Wildman–Crippen MR) is 92.8 cm³/mol. The maximum absolute atomic E-state index is 6.31. The first-order chi connectivity index (χ1) is 10.2. The number of hydrogen-bond donors (Lipinski definition) is 1. The molecule has 0 bridgehead atoms. The first-order valence-electron chi connectivity index (χ1n) is 7.03. The van der Waals surface area contributed by atoms with Crippen LogP contribution in [0.25, 0.3) is 0 Å². The van der Waals surface area contributed by atoms with Crippen molar-refractivity contribution in [3.05, 3.63) is 63.6 Å². The van der Waals surface area contributed by atoms with E-state index in [9.17, 15) is 0 Å². The van der Waals surface area contributed by atoms with Crippen molar-refractivity contribution in [3.63, 3.8) is 0 Å². The Kier molecular flexibility index (Phi) is 4.80. The van der Waals surface area contributed by atoms with Gasteiger partial charge in [-0.2, -0.15) is 0 Å². The first kappa shape index (κ1) is 15.2. The molecule has 0 fully saturated rings. The fraction of sp³-hybridized carbons (Fsp3) is 0.294. The van der Waals surface area contributed by atoms with Crippen LogP contribution in [0.4, 0.5) is 0 Å². The van der Waals surface area contributed by atoms with Crippen LogP contribution in [0, 0.1) is 0 Å². The lowest BCUT2D eigenvalue weighted by Crippen LogP contribution is -2.37. The third-order valence-electron chi connectivity index (χ3n) is 3.98. The first-order valence-corrected chi connectivity index (χ1v) is 8.67. The highest BCUT2D eigenvalue weighted by Crippen LogP contribution is 2.39. The zero-order valence-corrected chi connectivity index (χ0v) is 14.1. The summed E-state index contributed by atoms with van der Waals surface area (Å²) in [6, 6.07) is 14.7. The summed E-state index contributed by atoms with van der Waals surface area (Å²) in [5, 5.41) is 5.46. The number of likely N-dealkylation sites (N-methyl/N-ethyl adjacent to an activating group) is 1. The van der Waals surface area contributed by atoms with E-state index in [-0.39, 0.29) is 0 Å². The second kappa shape index (κ2) is 6.62. The van der Waals surface area contributed by atoms with Crippen LogP contribution in [-0.4, -0.2) is 18.3 Å². The maximum Gasteiger partial charge on any atom is 0.0453 e. The van der Waals surface area contributed by atoms with Gasteiger partial charge in [0.15, 0.2) is 0 Å². The van der Waals surface area contributed by atoms with Crippen molar-refractivity contribution in [2.75, 3.05) is 7.05 Å². The monoisotopic (exact) mass is 337 g/mol. The third-order valence-corrected chi connectivity index (χ3v) is 6.14. The Labute approximate surface area is 140 Å². The molecule has 0 amide bonds. The molecule has 0 saturated carbocycles. The second-order valence-corrected chi connectivity index (χ2v) is 7.36. The highest BCUT2D eigenvalue weighted by molar-refractivity contribution is 8.00. The van der Waals surface area contributed by atoms with Gasteiger partial charge in [0.1, 0.15) is 0 Å². The highest BCUT2D eigenvalue weighted by atomic mass is 35.5. The van der Waals surface area contributed by atoms with Crippen LogP contribution < -0.4 is 5.32 Å². The van der Waals surface area contributed by atoms with Crippen molar-refractivity contribution in [2.45, 2.75) is 29.0 Å². The molecule has 1 aliphatic heterocycles. The summed E-state index contributed by atoms with van der Waals surface area (Å²) < 4.78 is 0. The van der Waals surface area contributed by atoms with E-state index in [4.69, 9.17) is 23.2 Å². The van der Waals surface area contributed by atoms with Crippen LogP contribution in [0.5, 0.6) is 0 Å². The minimum atomic E-state index is 0.347. The van der Waals surface area contributed by atoms with Gasteiger partial charge in [-0.15, -0.1) is 11.8 Å². The van der Waals surface area contributed by atoms with Gasteiger partial charge in [-0.3, -0.25) is 0 Å². The van der Waals surface area contributed by atoms with Crippen molar-refractivity contribution >= 4 is 35.0 Å². The average molecular weight is 338 g/mol. The number of nitrogens with one attached hydrogen (secondary N) is 1. The molecule has 21 heavy (non-hydrogen) atoms. The van der Waals surface area contributed by atoms with E-state index in [2.05, 4.69) is 29.6 Å². The van der Waals surface area contributed by atoms with Gasteiger partial charge in [-0.25, -0.2) is 0 Å². The van der Waals surface area contributed by atoms with Crippen molar-refractivity contribution in [1.29, 1.82) is 0 Å². The Morgan fingerprint density at radius 1 is 1.14 bits per heavy atom. The summed E-state index contributed by atoms with van der Waals surface area (Å²) in [7, 11) is 2.01. The third kappa shape index (κ3) is 3.24. The molecular weight excluding hydrogens is 321 g/mol. The zero-order chi connectivity index (χ0) is 14.8. The Hall–Kier alpha value is -0.670. The van der Waals surface area contributed by atoms with E-state index in [1.165, 1.54) is 10.5 Å². The molecule has 0 spiro atoms. The van der Waals surface area contributed by atoms with Crippen LogP contribution in [0.2, 0.25) is 10.0 Å². The smallest absolute Gasteiger partial charge is 0.0453 e. The largest absolute Gasteiger partial charge is 0.316 e. The molecule has 110 valence electrons. The van der Waals surface area contributed by atoms with Crippen molar-refractivity contribution < 1.29 is 0 Å². The number of thioether (sulfide) groups is 1. The second-order valence-electron chi connectivity index (χ2n) is 5.27. The molecule has 0 aromatic heterocycles. The summed E-state index contributed by atoms with van der Waals surface area (Å²) in [4.78, 5) is 1.40. The number of rotatable bonds is 4. The summed E-state index contributed by atoms with van der Waals surface area (Å²) in [6.45, 7) is 0. The van der Waals surface area contributed by atoms with Crippen LogP contribution in [-0.2, 0) is 12.8 Å². The van der Waals surface area contributed by atoms with E-state index in [1.54, 1.807) is 0 Å².